The average molecular weight is 264 g/mol. The Morgan fingerprint density at radius 3 is 2.75 bits per heavy atom. The van der Waals surface area contributed by atoms with Crippen LogP contribution in [0.2, 0.25) is 0 Å². The summed E-state index contributed by atoms with van der Waals surface area (Å²) in [5, 5.41) is 2.79. The van der Waals surface area contributed by atoms with Crippen LogP contribution >= 0.6 is 0 Å². The number of carbonyl (C=O) groups excluding carboxylic acids is 1. The highest BCUT2D eigenvalue weighted by molar-refractivity contribution is 6.01. The summed E-state index contributed by atoms with van der Waals surface area (Å²) in [7, 11) is 0. The Balaban J connectivity index is 1.83. The molecule has 3 rings (SSSR count). The van der Waals surface area contributed by atoms with Gasteiger partial charge in [-0.25, -0.2) is 4.98 Å². The smallest absolute Gasteiger partial charge is 0.291 e. The van der Waals surface area contributed by atoms with Crippen LogP contribution in [0.4, 0.5) is 5.69 Å². The van der Waals surface area contributed by atoms with Crippen molar-refractivity contribution in [3.63, 3.8) is 0 Å². The monoisotopic (exact) mass is 264 g/mol. The van der Waals surface area contributed by atoms with Gasteiger partial charge in [-0.15, -0.1) is 0 Å². The largest absolute Gasteiger partial charge is 0.341 e. The zero-order valence-corrected chi connectivity index (χ0v) is 10.6. The van der Waals surface area contributed by atoms with Crippen molar-refractivity contribution in [2.45, 2.75) is 0 Å². The molecular weight excluding hydrogens is 252 g/mol. The third-order valence-electron chi connectivity index (χ3n) is 2.79. The van der Waals surface area contributed by atoms with Crippen molar-refractivity contribution in [2.75, 3.05) is 5.32 Å². The molecule has 20 heavy (non-hydrogen) atoms. The van der Waals surface area contributed by atoms with E-state index in [4.69, 9.17) is 0 Å². The molecule has 98 valence electrons. The molecule has 2 aromatic heterocycles. The number of hydrogen-bond acceptors (Lipinski definition) is 3. The summed E-state index contributed by atoms with van der Waals surface area (Å²) >= 11 is 0. The minimum Gasteiger partial charge on any atom is -0.341 e. The maximum Gasteiger partial charge on any atom is 0.291 e. The van der Waals surface area contributed by atoms with Crippen molar-refractivity contribution >= 4 is 11.6 Å². The molecule has 0 unspecified atom stereocenters. The van der Waals surface area contributed by atoms with E-state index in [2.05, 4.69) is 20.3 Å². The molecule has 0 aliphatic heterocycles. The second-order valence-corrected chi connectivity index (χ2v) is 4.19. The van der Waals surface area contributed by atoms with Crippen molar-refractivity contribution in [1.82, 2.24) is 15.0 Å². The highest BCUT2D eigenvalue weighted by Crippen LogP contribution is 2.20. The van der Waals surface area contributed by atoms with Gasteiger partial charge < -0.3 is 10.3 Å². The van der Waals surface area contributed by atoms with E-state index in [0.29, 0.717) is 5.69 Å². The Bertz CT molecular complexity index is 708. The normalized spacial score (nSPS) is 10.2. The van der Waals surface area contributed by atoms with Crippen LogP contribution < -0.4 is 5.32 Å². The molecule has 1 amide bonds. The summed E-state index contributed by atoms with van der Waals surface area (Å²) < 4.78 is 0. The lowest BCUT2D eigenvalue weighted by molar-refractivity contribution is 0.101. The molecule has 5 nitrogen and oxygen atoms in total. The van der Waals surface area contributed by atoms with Crippen molar-refractivity contribution < 1.29 is 4.79 Å². The van der Waals surface area contributed by atoms with E-state index in [-0.39, 0.29) is 11.7 Å². The van der Waals surface area contributed by atoms with Crippen LogP contribution in [0, 0.1) is 0 Å². The van der Waals surface area contributed by atoms with Crippen LogP contribution in [0.15, 0.2) is 61.1 Å². The minimum atomic E-state index is -0.270. The van der Waals surface area contributed by atoms with Gasteiger partial charge in [-0.1, -0.05) is 18.2 Å². The quantitative estimate of drug-likeness (QED) is 0.764. The number of H-pyrrole nitrogens is 1. The SMILES string of the molecule is O=C(Nc1cccc(-c2ccccn2)c1)c1ncc[nH]1. The zero-order valence-electron chi connectivity index (χ0n) is 10.6. The summed E-state index contributed by atoms with van der Waals surface area (Å²) in [4.78, 5) is 22.9. The lowest BCUT2D eigenvalue weighted by atomic mass is 10.1. The van der Waals surface area contributed by atoms with E-state index in [1.54, 1.807) is 18.6 Å². The third-order valence-corrected chi connectivity index (χ3v) is 2.79. The Morgan fingerprint density at radius 2 is 2.00 bits per heavy atom. The molecule has 1 aromatic carbocycles. The predicted molar refractivity (Wildman–Crippen MR) is 76.2 cm³/mol. The summed E-state index contributed by atoms with van der Waals surface area (Å²) in [6.07, 6.45) is 4.89. The van der Waals surface area contributed by atoms with Gasteiger partial charge in [0.1, 0.15) is 0 Å². The minimum absolute atomic E-state index is 0.270. The molecule has 0 saturated carbocycles. The van der Waals surface area contributed by atoms with E-state index in [1.807, 2.05) is 42.5 Å². The first-order valence-corrected chi connectivity index (χ1v) is 6.15. The van der Waals surface area contributed by atoms with Crippen molar-refractivity contribution in [2.24, 2.45) is 0 Å². The van der Waals surface area contributed by atoms with Gasteiger partial charge in [-0.05, 0) is 24.3 Å². The van der Waals surface area contributed by atoms with Crippen molar-refractivity contribution in [1.29, 1.82) is 0 Å². The number of pyridine rings is 1. The Labute approximate surface area is 115 Å². The zero-order chi connectivity index (χ0) is 13.8. The van der Waals surface area contributed by atoms with E-state index in [9.17, 15) is 4.79 Å². The number of hydrogen-bond donors (Lipinski definition) is 2. The van der Waals surface area contributed by atoms with Gasteiger partial charge >= 0.3 is 0 Å². The summed E-state index contributed by atoms with van der Waals surface area (Å²) in [5.41, 5.74) is 2.51. The van der Waals surface area contributed by atoms with Gasteiger partial charge in [-0.2, -0.15) is 0 Å². The molecule has 5 heteroatoms. The molecule has 0 spiro atoms. The summed E-state index contributed by atoms with van der Waals surface area (Å²) in [6.45, 7) is 0. The van der Waals surface area contributed by atoms with Crippen LogP contribution in [0.3, 0.4) is 0 Å². The number of nitrogens with one attached hydrogen (secondary N) is 2. The first-order valence-electron chi connectivity index (χ1n) is 6.15. The predicted octanol–water partition coefficient (Wildman–Crippen LogP) is 2.72. The number of benzene rings is 1. The second-order valence-electron chi connectivity index (χ2n) is 4.19. The number of rotatable bonds is 3. The Morgan fingerprint density at radius 1 is 1.05 bits per heavy atom. The molecular formula is C15H12N4O. The topological polar surface area (TPSA) is 70.7 Å². The van der Waals surface area contributed by atoms with E-state index >= 15 is 0 Å². The van der Waals surface area contributed by atoms with Crippen LogP contribution in [-0.4, -0.2) is 20.9 Å². The Hall–Kier alpha value is -2.95. The number of imidazole rings is 1. The van der Waals surface area contributed by atoms with Crippen LogP contribution in [-0.2, 0) is 0 Å². The molecule has 2 N–H and O–H groups in total. The molecule has 2 heterocycles. The van der Waals surface area contributed by atoms with E-state index in [0.717, 1.165) is 11.3 Å². The lowest BCUT2D eigenvalue weighted by Gasteiger charge is -2.06. The van der Waals surface area contributed by atoms with Gasteiger partial charge in [0, 0.05) is 29.8 Å². The fourth-order valence-electron chi connectivity index (χ4n) is 1.87. The molecule has 0 bridgehead atoms. The van der Waals surface area contributed by atoms with Crippen LogP contribution in [0.1, 0.15) is 10.6 Å². The first kappa shape index (κ1) is 12.1. The van der Waals surface area contributed by atoms with Crippen LogP contribution in [0.5, 0.6) is 0 Å². The number of carbonyl (C=O) groups is 1. The number of anilines is 1. The summed E-state index contributed by atoms with van der Waals surface area (Å²) in [6, 6.07) is 13.2. The highest BCUT2D eigenvalue weighted by atomic mass is 16.2. The van der Waals surface area contributed by atoms with Gasteiger partial charge in [0.15, 0.2) is 5.82 Å². The molecule has 0 radical (unpaired) electrons. The molecule has 0 aliphatic carbocycles. The lowest BCUT2D eigenvalue weighted by Crippen LogP contribution is -2.13. The van der Waals surface area contributed by atoms with Crippen molar-refractivity contribution in [3.8, 4) is 11.3 Å². The summed E-state index contributed by atoms with van der Waals surface area (Å²) in [5.74, 6) is 0.0152. The molecule has 0 atom stereocenters. The molecule has 0 aliphatic rings. The van der Waals surface area contributed by atoms with Gasteiger partial charge in [0.25, 0.3) is 5.91 Å². The van der Waals surface area contributed by atoms with E-state index < -0.39 is 0 Å². The maximum atomic E-state index is 11.9. The fraction of sp³-hybridized carbons (Fsp3) is 0. The second kappa shape index (κ2) is 5.36. The maximum absolute atomic E-state index is 11.9. The molecule has 3 aromatic rings. The van der Waals surface area contributed by atoms with Crippen LogP contribution in [0.25, 0.3) is 11.3 Å². The molecule has 0 saturated heterocycles. The number of nitrogens with zero attached hydrogens (tertiary/aromatic N) is 2. The third kappa shape index (κ3) is 2.56. The fourth-order valence-corrected chi connectivity index (χ4v) is 1.87. The van der Waals surface area contributed by atoms with Gasteiger partial charge in [-0.3, -0.25) is 9.78 Å². The number of aromatic nitrogens is 3. The van der Waals surface area contributed by atoms with E-state index in [1.165, 1.54) is 0 Å². The average Bonchev–Trinajstić information content (AvgIpc) is 3.03. The molecule has 0 fully saturated rings. The highest BCUT2D eigenvalue weighted by Gasteiger charge is 2.08. The number of aromatic amines is 1. The van der Waals surface area contributed by atoms with Gasteiger partial charge in [0.2, 0.25) is 0 Å². The number of amides is 1. The van der Waals surface area contributed by atoms with Gasteiger partial charge in [0.05, 0.1) is 5.69 Å². The first-order chi connectivity index (χ1) is 9.83. The Kier molecular flexibility index (Phi) is 3.24. The van der Waals surface area contributed by atoms with Crippen molar-refractivity contribution in [3.05, 3.63) is 66.9 Å². The standard InChI is InChI=1S/C15H12N4O/c20-15(14-17-8-9-18-14)19-12-5-3-4-11(10-12)13-6-1-2-7-16-13/h1-10H,(H,17,18)(H,19,20).